The van der Waals surface area contributed by atoms with Crippen LogP contribution in [0.2, 0.25) is 0 Å². The van der Waals surface area contributed by atoms with Gasteiger partial charge >= 0.3 is 0 Å². The average Bonchev–Trinajstić information content (AvgIpc) is 2.04. The first-order valence-corrected chi connectivity index (χ1v) is 4.60. The number of phenols is 2. The van der Waals surface area contributed by atoms with Crippen LogP contribution in [-0.4, -0.2) is 15.8 Å². The monoisotopic (exact) mass is 195 g/mol. The molecule has 4 N–H and O–H groups in total. The third-order valence-electron chi connectivity index (χ3n) is 2.08. The Morgan fingerprint density at radius 1 is 1.21 bits per heavy atom. The summed E-state index contributed by atoms with van der Waals surface area (Å²) in [6.45, 7) is 5.50. The second-order valence-electron chi connectivity index (χ2n) is 4.40. The molecule has 0 amide bonds. The molecular formula is C11H17NO2. The first kappa shape index (κ1) is 10.9. The second kappa shape index (κ2) is 3.50. The zero-order chi connectivity index (χ0) is 10.9. The zero-order valence-corrected chi connectivity index (χ0v) is 8.83. The lowest BCUT2D eigenvalue weighted by Gasteiger charge is -2.19. The van der Waals surface area contributed by atoms with Gasteiger partial charge in [0.05, 0.1) is 0 Å². The van der Waals surface area contributed by atoms with E-state index in [1.54, 1.807) is 19.1 Å². The van der Waals surface area contributed by atoms with Crippen molar-refractivity contribution >= 4 is 0 Å². The molecule has 0 bridgehead atoms. The Balaban J connectivity index is 3.06. The number of hydrogen-bond acceptors (Lipinski definition) is 3. The van der Waals surface area contributed by atoms with Gasteiger partial charge in [-0.3, -0.25) is 0 Å². The standard InChI is InChI=1S/C11H17NO2/c1-7-4-5-8(6-11(2,3)12)10(14)9(7)13/h4-5,13-14H,6,12H2,1-3H3. The lowest BCUT2D eigenvalue weighted by atomic mass is 9.94. The zero-order valence-electron chi connectivity index (χ0n) is 8.83. The topological polar surface area (TPSA) is 66.5 Å². The smallest absolute Gasteiger partial charge is 0.161 e. The fourth-order valence-corrected chi connectivity index (χ4v) is 1.36. The van der Waals surface area contributed by atoms with Crippen LogP contribution in [0.4, 0.5) is 0 Å². The van der Waals surface area contributed by atoms with Crippen molar-refractivity contribution < 1.29 is 10.2 Å². The first-order valence-electron chi connectivity index (χ1n) is 4.60. The molecule has 0 aliphatic heterocycles. The molecule has 3 heteroatoms. The normalized spacial score (nSPS) is 11.7. The van der Waals surface area contributed by atoms with E-state index in [4.69, 9.17) is 5.73 Å². The summed E-state index contributed by atoms with van der Waals surface area (Å²) in [6, 6.07) is 3.56. The summed E-state index contributed by atoms with van der Waals surface area (Å²) in [6.07, 6.45) is 0.534. The van der Waals surface area contributed by atoms with E-state index in [1.165, 1.54) is 0 Å². The maximum Gasteiger partial charge on any atom is 0.161 e. The number of hydrogen-bond donors (Lipinski definition) is 3. The SMILES string of the molecule is Cc1ccc(CC(C)(C)N)c(O)c1O. The van der Waals surface area contributed by atoms with Crippen LogP contribution in [0.15, 0.2) is 12.1 Å². The van der Waals surface area contributed by atoms with Crippen LogP contribution in [0.1, 0.15) is 25.0 Å². The van der Waals surface area contributed by atoms with Gasteiger partial charge < -0.3 is 15.9 Å². The summed E-state index contributed by atoms with van der Waals surface area (Å²) < 4.78 is 0. The van der Waals surface area contributed by atoms with E-state index in [0.717, 1.165) is 0 Å². The largest absolute Gasteiger partial charge is 0.504 e. The second-order valence-corrected chi connectivity index (χ2v) is 4.40. The van der Waals surface area contributed by atoms with Gasteiger partial charge in [0.25, 0.3) is 0 Å². The average molecular weight is 195 g/mol. The number of aromatic hydroxyl groups is 2. The Labute approximate surface area is 84.2 Å². The van der Waals surface area contributed by atoms with Gasteiger partial charge in [-0.1, -0.05) is 12.1 Å². The van der Waals surface area contributed by atoms with Crippen molar-refractivity contribution in [2.75, 3.05) is 0 Å². The fraction of sp³-hybridized carbons (Fsp3) is 0.455. The van der Waals surface area contributed by atoms with Crippen molar-refractivity contribution in [3.05, 3.63) is 23.3 Å². The quantitative estimate of drug-likeness (QED) is 0.629. The Morgan fingerprint density at radius 2 is 1.79 bits per heavy atom. The molecule has 0 atom stereocenters. The number of nitrogens with two attached hydrogens (primary N) is 1. The molecule has 14 heavy (non-hydrogen) atoms. The Morgan fingerprint density at radius 3 is 2.29 bits per heavy atom. The molecular weight excluding hydrogens is 178 g/mol. The van der Waals surface area contributed by atoms with E-state index < -0.39 is 0 Å². The molecule has 1 aromatic carbocycles. The van der Waals surface area contributed by atoms with E-state index in [2.05, 4.69) is 0 Å². The lowest BCUT2D eigenvalue weighted by Crippen LogP contribution is -2.34. The number of benzene rings is 1. The van der Waals surface area contributed by atoms with Crippen molar-refractivity contribution in [2.24, 2.45) is 5.73 Å². The summed E-state index contributed by atoms with van der Waals surface area (Å²) in [5.41, 5.74) is 6.79. The molecule has 0 aliphatic rings. The van der Waals surface area contributed by atoms with E-state index in [-0.39, 0.29) is 17.0 Å². The number of phenolic OH excluding ortho intramolecular Hbond substituents is 2. The van der Waals surface area contributed by atoms with Crippen LogP contribution in [0.5, 0.6) is 11.5 Å². The van der Waals surface area contributed by atoms with Crippen molar-refractivity contribution in [2.45, 2.75) is 32.7 Å². The highest BCUT2D eigenvalue weighted by Gasteiger charge is 2.16. The number of aryl methyl sites for hydroxylation is 1. The Kier molecular flexibility index (Phi) is 2.71. The minimum absolute atomic E-state index is 0.0493. The van der Waals surface area contributed by atoms with E-state index >= 15 is 0 Å². The van der Waals surface area contributed by atoms with Crippen LogP contribution in [0.25, 0.3) is 0 Å². The molecule has 0 spiro atoms. The molecule has 0 heterocycles. The summed E-state index contributed by atoms with van der Waals surface area (Å²) in [5, 5.41) is 19.1. The lowest BCUT2D eigenvalue weighted by molar-refractivity contribution is 0.391. The Hall–Kier alpha value is -1.22. The molecule has 1 rings (SSSR count). The molecule has 78 valence electrons. The summed E-state index contributed by atoms with van der Waals surface area (Å²) >= 11 is 0. The first-order chi connectivity index (χ1) is 6.31. The van der Waals surface area contributed by atoms with Gasteiger partial charge in [-0.15, -0.1) is 0 Å². The molecule has 3 nitrogen and oxygen atoms in total. The van der Waals surface area contributed by atoms with Crippen molar-refractivity contribution in [1.29, 1.82) is 0 Å². The van der Waals surface area contributed by atoms with Crippen LogP contribution < -0.4 is 5.73 Å². The van der Waals surface area contributed by atoms with Crippen LogP contribution in [0.3, 0.4) is 0 Å². The molecule has 0 saturated carbocycles. The van der Waals surface area contributed by atoms with E-state index in [0.29, 0.717) is 17.5 Å². The third-order valence-corrected chi connectivity index (χ3v) is 2.08. The maximum absolute atomic E-state index is 9.64. The maximum atomic E-state index is 9.64. The molecule has 0 aliphatic carbocycles. The highest BCUT2D eigenvalue weighted by Crippen LogP contribution is 2.33. The third kappa shape index (κ3) is 2.39. The highest BCUT2D eigenvalue weighted by molar-refractivity contribution is 5.49. The molecule has 0 radical (unpaired) electrons. The molecule has 1 aromatic rings. The van der Waals surface area contributed by atoms with E-state index in [1.807, 2.05) is 13.8 Å². The van der Waals surface area contributed by atoms with Crippen LogP contribution in [0, 0.1) is 6.92 Å². The molecule has 0 aromatic heterocycles. The van der Waals surface area contributed by atoms with Gasteiger partial charge in [-0.05, 0) is 38.3 Å². The van der Waals surface area contributed by atoms with Crippen LogP contribution >= 0.6 is 0 Å². The van der Waals surface area contributed by atoms with Crippen molar-refractivity contribution in [1.82, 2.24) is 0 Å². The fourth-order valence-electron chi connectivity index (χ4n) is 1.36. The molecule has 0 saturated heterocycles. The minimum Gasteiger partial charge on any atom is -0.504 e. The molecule has 0 fully saturated rings. The number of rotatable bonds is 2. The van der Waals surface area contributed by atoms with Crippen molar-refractivity contribution in [3.8, 4) is 11.5 Å². The van der Waals surface area contributed by atoms with Gasteiger partial charge in [-0.2, -0.15) is 0 Å². The minimum atomic E-state index is -0.390. The van der Waals surface area contributed by atoms with Gasteiger partial charge in [0, 0.05) is 5.54 Å². The summed E-state index contributed by atoms with van der Waals surface area (Å²) in [7, 11) is 0. The predicted octanol–water partition coefficient (Wildman–Crippen LogP) is 1.69. The molecule has 0 unspecified atom stereocenters. The van der Waals surface area contributed by atoms with Gasteiger partial charge in [0.15, 0.2) is 11.5 Å². The Bertz CT molecular complexity index is 340. The predicted molar refractivity (Wildman–Crippen MR) is 56.5 cm³/mol. The van der Waals surface area contributed by atoms with Gasteiger partial charge in [0.2, 0.25) is 0 Å². The highest BCUT2D eigenvalue weighted by atomic mass is 16.3. The summed E-state index contributed by atoms with van der Waals surface area (Å²) in [5.74, 6) is -0.102. The van der Waals surface area contributed by atoms with Crippen molar-refractivity contribution in [3.63, 3.8) is 0 Å². The van der Waals surface area contributed by atoms with Gasteiger partial charge in [0.1, 0.15) is 0 Å². The van der Waals surface area contributed by atoms with E-state index in [9.17, 15) is 10.2 Å². The van der Waals surface area contributed by atoms with Gasteiger partial charge in [-0.25, -0.2) is 0 Å². The van der Waals surface area contributed by atoms with Crippen LogP contribution in [-0.2, 0) is 6.42 Å². The summed E-state index contributed by atoms with van der Waals surface area (Å²) in [4.78, 5) is 0.